The quantitative estimate of drug-likeness (QED) is 0.482. The highest BCUT2D eigenvalue weighted by atomic mass is 35.5. The Hall–Kier alpha value is -3.17. The van der Waals surface area contributed by atoms with Crippen LogP contribution >= 0.6 is 11.6 Å². The van der Waals surface area contributed by atoms with Gasteiger partial charge in [0.2, 0.25) is 0 Å². The predicted octanol–water partition coefficient (Wildman–Crippen LogP) is 4.49. The van der Waals surface area contributed by atoms with Crippen molar-refractivity contribution >= 4 is 34.6 Å². The number of hydrogen-bond acceptors (Lipinski definition) is 6. The van der Waals surface area contributed by atoms with E-state index in [4.69, 9.17) is 25.5 Å². The number of halogens is 2. The summed E-state index contributed by atoms with van der Waals surface area (Å²) in [5.41, 5.74) is 1.76. The molecule has 2 unspecified atom stereocenters. The first kappa shape index (κ1) is 24.9. The number of morpholine rings is 1. The molecular formula is C25H26ClFN2O6. The number of aliphatic carboxylic acids is 1. The number of fused-ring (bicyclic) bond motifs is 1. The van der Waals surface area contributed by atoms with E-state index in [1.807, 2.05) is 6.92 Å². The fourth-order valence-electron chi connectivity index (χ4n) is 4.27. The summed E-state index contributed by atoms with van der Waals surface area (Å²) in [7, 11) is 1.45. The van der Waals surface area contributed by atoms with Gasteiger partial charge in [-0.15, -0.1) is 0 Å². The van der Waals surface area contributed by atoms with Gasteiger partial charge in [-0.05, 0) is 36.8 Å². The summed E-state index contributed by atoms with van der Waals surface area (Å²) in [5.74, 6) is -1.26. The molecule has 8 nitrogen and oxygen atoms in total. The van der Waals surface area contributed by atoms with Crippen molar-refractivity contribution in [1.29, 1.82) is 0 Å². The molecule has 1 aromatic heterocycles. The van der Waals surface area contributed by atoms with Crippen LogP contribution in [0.25, 0.3) is 11.1 Å². The standard InChI is InChI=1S/C25H26ClFN2O6/c1-14-12-29(19(13-34-14)10-23(30)31)25(32)16-7-20-24(21(8-16)33-2)35-22(28-20)9-17(11-27)15-4-3-5-18(26)6-15/h3-8,14,17,19H,9-13H2,1-2H3,(H,30,31)/t14?,17?,19-/m0/s1. The summed E-state index contributed by atoms with van der Waals surface area (Å²) >= 11 is 6.06. The number of oxazole rings is 1. The van der Waals surface area contributed by atoms with Gasteiger partial charge in [0.25, 0.3) is 5.91 Å². The molecule has 2 aromatic carbocycles. The summed E-state index contributed by atoms with van der Waals surface area (Å²) in [5, 5.41) is 9.76. The minimum absolute atomic E-state index is 0.140. The van der Waals surface area contributed by atoms with Gasteiger partial charge in [-0.1, -0.05) is 23.7 Å². The number of carboxylic acid groups (broad SMARTS) is 1. The van der Waals surface area contributed by atoms with Gasteiger partial charge in [0.1, 0.15) is 5.52 Å². The largest absolute Gasteiger partial charge is 0.493 e. The van der Waals surface area contributed by atoms with Crippen molar-refractivity contribution in [3.05, 3.63) is 58.4 Å². The molecule has 0 spiro atoms. The number of aromatic nitrogens is 1. The van der Waals surface area contributed by atoms with Crippen LogP contribution in [0.5, 0.6) is 5.75 Å². The van der Waals surface area contributed by atoms with Gasteiger partial charge in [-0.2, -0.15) is 0 Å². The van der Waals surface area contributed by atoms with Crippen LogP contribution in [0.4, 0.5) is 4.39 Å². The Morgan fingerprint density at radius 2 is 2.14 bits per heavy atom. The monoisotopic (exact) mass is 504 g/mol. The van der Waals surface area contributed by atoms with Crippen LogP contribution in [0.3, 0.4) is 0 Å². The van der Waals surface area contributed by atoms with E-state index in [0.29, 0.717) is 27.8 Å². The van der Waals surface area contributed by atoms with Crippen LogP contribution in [-0.2, 0) is 16.0 Å². The molecule has 10 heteroatoms. The molecule has 0 radical (unpaired) electrons. The lowest BCUT2D eigenvalue weighted by molar-refractivity contribution is -0.140. The molecule has 1 N–H and O–H groups in total. The smallest absolute Gasteiger partial charge is 0.305 e. The van der Waals surface area contributed by atoms with Crippen molar-refractivity contribution < 1.29 is 33.0 Å². The topological polar surface area (TPSA) is 102 Å². The first-order valence-electron chi connectivity index (χ1n) is 11.2. The Bertz CT molecular complexity index is 1230. The van der Waals surface area contributed by atoms with Crippen LogP contribution in [0, 0.1) is 0 Å². The normalized spacial score (nSPS) is 19.0. The molecule has 1 saturated heterocycles. The average molecular weight is 505 g/mol. The van der Waals surface area contributed by atoms with E-state index in [2.05, 4.69) is 4.98 Å². The second-order valence-corrected chi connectivity index (χ2v) is 9.03. The van der Waals surface area contributed by atoms with Crippen molar-refractivity contribution in [3.8, 4) is 5.75 Å². The Kier molecular flexibility index (Phi) is 7.57. The highest BCUT2D eigenvalue weighted by Crippen LogP contribution is 2.32. The lowest BCUT2D eigenvalue weighted by Crippen LogP contribution is -2.52. The van der Waals surface area contributed by atoms with E-state index in [1.165, 1.54) is 12.0 Å². The number of amides is 1. The SMILES string of the molecule is COc1cc(C(=O)N2CC(C)OC[C@@H]2CC(=O)O)cc2nc(CC(CF)c3cccc(Cl)c3)oc12. The second kappa shape index (κ2) is 10.6. The van der Waals surface area contributed by atoms with Crippen molar-refractivity contribution in [2.24, 2.45) is 0 Å². The maximum Gasteiger partial charge on any atom is 0.305 e. The van der Waals surface area contributed by atoms with Gasteiger partial charge in [0, 0.05) is 29.5 Å². The minimum atomic E-state index is -1.01. The number of carbonyl (C=O) groups is 2. The molecular weight excluding hydrogens is 479 g/mol. The van der Waals surface area contributed by atoms with E-state index in [9.17, 15) is 19.1 Å². The zero-order chi connectivity index (χ0) is 25.1. The molecule has 186 valence electrons. The van der Waals surface area contributed by atoms with Crippen molar-refractivity contribution in [3.63, 3.8) is 0 Å². The molecule has 0 bridgehead atoms. The number of carbonyl (C=O) groups excluding carboxylic acids is 1. The van der Waals surface area contributed by atoms with Gasteiger partial charge in [-0.25, -0.2) is 4.98 Å². The lowest BCUT2D eigenvalue weighted by atomic mass is 9.97. The third kappa shape index (κ3) is 5.57. The average Bonchev–Trinajstić information content (AvgIpc) is 3.25. The van der Waals surface area contributed by atoms with Gasteiger partial charge in [-0.3, -0.25) is 14.0 Å². The first-order valence-corrected chi connectivity index (χ1v) is 11.6. The van der Waals surface area contributed by atoms with Crippen molar-refractivity contribution in [1.82, 2.24) is 9.88 Å². The zero-order valence-corrected chi connectivity index (χ0v) is 20.1. The molecule has 2 heterocycles. The Labute approximate surface area is 206 Å². The molecule has 0 saturated carbocycles. The molecule has 3 aromatic rings. The molecule has 3 atom stereocenters. The van der Waals surface area contributed by atoms with E-state index in [-0.39, 0.29) is 43.6 Å². The van der Waals surface area contributed by atoms with Crippen LogP contribution < -0.4 is 4.74 Å². The van der Waals surface area contributed by atoms with Gasteiger partial charge < -0.3 is 23.9 Å². The third-order valence-electron chi connectivity index (χ3n) is 6.03. The van der Waals surface area contributed by atoms with Crippen LogP contribution in [0.15, 0.2) is 40.8 Å². The Morgan fingerprint density at radius 3 is 2.83 bits per heavy atom. The number of rotatable bonds is 8. The number of ether oxygens (including phenoxy) is 2. The first-order chi connectivity index (χ1) is 16.8. The van der Waals surface area contributed by atoms with Gasteiger partial charge in [0.15, 0.2) is 17.2 Å². The van der Waals surface area contributed by atoms with Crippen LogP contribution in [0.2, 0.25) is 5.02 Å². The maximum absolute atomic E-state index is 13.9. The van der Waals surface area contributed by atoms with Gasteiger partial charge >= 0.3 is 5.97 Å². The molecule has 1 aliphatic rings. The molecule has 35 heavy (non-hydrogen) atoms. The number of methoxy groups -OCH3 is 1. The highest BCUT2D eigenvalue weighted by molar-refractivity contribution is 6.30. The van der Waals surface area contributed by atoms with E-state index < -0.39 is 24.6 Å². The number of alkyl halides is 1. The third-order valence-corrected chi connectivity index (χ3v) is 6.27. The summed E-state index contributed by atoms with van der Waals surface area (Å²) in [4.78, 5) is 30.7. The summed E-state index contributed by atoms with van der Waals surface area (Å²) in [6.45, 7) is 1.60. The number of hydrogen-bond donors (Lipinski definition) is 1. The van der Waals surface area contributed by atoms with E-state index >= 15 is 0 Å². The Balaban J connectivity index is 1.64. The molecule has 1 amide bonds. The maximum atomic E-state index is 13.9. The van der Waals surface area contributed by atoms with E-state index in [0.717, 1.165) is 5.56 Å². The predicted molar refractivity (Wildman–Crippen MR) is 127 cm³/mol. The molecule has 0 aliphatic carbocycles. The fourth-order valence-corrected chi connectivity index (χ4v) is 4.47. The van der Waals surface area contributed by atoms with Gasteiger partial charge in [0.05, 0.1) is 39.0 Å². The van der Waals surface area contributed by atoms with E-state index in [1.54, 1.807) is 36.4 Å². The molecule has 4 rings (SSSR count). The van der Waals surface area contributed by atoms with Crippen molar-refractivity contribution in [2.45, 2.75) is 37.8 Å². The number of nitrogens with zero attached hydrogens (tertiary/aromatic N) is 2. The Morgan fingerprint density at radius 1 is 1.34 bits per heavy atom. The highest BCUT2D eigenvalue weighted by Gasteiger charge is 2.33. The molecule has 1 fully saturated rings. The molecule has 1 aliphatic heterocycles. The van der Waals surface area contributed by atoms with Crippen LogP contribution in [-0.4, -0.2) is 65.9 Å². The summed E-state index contributed by atoms with van der Waals surface area (Å²) in [6.07, 6.45) is -0.253. The zero-order valence-electron chi connectivity index (χ0n) is 19.4. The summed E-state index contributed by atoms with van der Waals surface area (Å²) < 4.78 is 30.8. The fraction of sp³-hybridized carbons (Fsp3) is 0.400. The second-order valence-electron chi connectivity index (χ2n) is 8.60. The van der Waals surface area contributed by atoms with Crippen molar-refractivity contribution in [2.75, 3.05) is 26.9 Å². The number of carboxylic acids is 1. The van der Waals surface area contributed by atoms with Crippen LogP contribution in [0.1, 0.15) is 41.1 Å². The lowest BCUT2D eigenvalue weighted by Gasteiger charge is -2.38. The number of benzene rings is 2. The minimum Gasteiger partial charge on any atom is -0.493 e. The summed E-state index contributed by atoms with van der Waals surface area (Å²) in [6, 6.07) is 9.52.